The van der Waals surface area contributed by atoms with Gasteiger partial charge in [-0.3, -0.25) is 4.98 Å². The number of benzene rings is 3. The lowest BCUT2D eigenvalue weighted by Gasteiger charge is -2.29. The summed E-state index contributed by atoms with van der Waals surface area (Å²) in [4.78, 5) is 26.4. The normalized spacial score (nSPS) is 13.7. The van der Waals surface area contributed by atoms with Crippen molar-refractivity contribution in [2.24, 2.45) is 0 Å². The molecule has 0 fully saturated rings. The zero-order chi connectivity index (χ0) is 26.2. The SMILES string of the molecule is Cc1cc(N2CC=C(CC(=O)On3nnc4ccccc43)CC2)c2cccc(-c3ccc(Cl)cc3Cl)c2n1. The first-order chi connectivity index (χ1) is 18.5. The quantitative estimate of drug-likeness (QED) is 0.187. The van der Waals surface area contributed by atoms with E-state index >= 15 is 0 Å². The van der Waals surface area contributed by atoms with Crippen LogP contribution in [0.1, 0.15) is 18.5 Å². The van der Waals surface area contributed by atoms with Gasteiger partial charge in [0, 0.05) is 51.0 Å². The Morgan fingerprint density at radius 2 is 1.89 bits per heavy atom. The Kier molecular flexibility index (Phi) is 6.47. The third kappa shape index (κ3) is 4.71. The molecule has 0 spiro atoms. The van der Waals surface area contributed by atoms with E-state index in [2.05, 4.69) is 33.4 Å². The average Bonchev–Trinajstić information content (AvgIpc) is 3.31. The van der Waals surface area contributed by atoms with Crippen LogP contribution in [0, 0.1) is 6.92 Å². The lowest BCUT2D eigenvalue weighted by atomic mass is 9.99. The van der Waals surface area contributed by atoms with Gasteiger partial charge in [0.1, 0.15) is 11.0 Å². The summed E-state index contributed by atoms with van der Waals surface area (Å²) in [6.45, 7) is 3.45. The molecule has 0 amide bonds. The van der Waals surface area contributed by atoms with E-state index in [1.165, 1.54) is 4.85 Å². The zero-order valence-corrected chi connectivity index (χ0v) is 22.1. The number of rotatable bonds is 5. The van der Waals surface area contributed by atoms with Crippen molar-refractivity contribution in [1.82, 2.24) is 20.1 Å². The Labute approximate surface area is 229 Å². The number of aromatic nitrogens is 4. The van der Waals surface area contributed by atoms with Gasteiger partial charge in [-0.2, -0.15) is 0 Å². The highest BCUT2D eigenvalue weighted by atomic mass is 35.5. The summed E-state index contributed by atoms with van der Waals surface area (Å²) < 4.78 is 0. The fourth-order valence-corrected chi connectivity index (χ4v) is 5.37. The summed E-state index contributed by atoms with van der Waals surface area (Å²) in [7, 11) is 0. The van der Waals surface area contributed by atoms with Crippen molar-refractivity contribution < 1.29 is 9.63 Å². The molecule has 0 bridgehead atoms. The summed E-state index contributed by atoms with van der Waals surface area (Å²) >= 11 is 12.7. The smallest absolute Gasteiger partial charge is 0.339 e. The van der Waals surface area contributed by atoms with Crippen molar-refractivity contribution in [2.45, 2.75) is 19.8 Å². The standard InChI is InChI=1S/C29H23Cl2N5O2/c1-18-15-27(23-6-4-5-22(29(23)32-18)21-10-9-20(30)17-24(21)31)35-13-11-19(12-14-35)16-28(37)38-36-26-8-3-2-7-25(26)33-34-36/h2-11,15,17H,12-14,16H2,1H3. The van der Waals surface area contributed by atoms with E-state index in [0.717, 1.165) is 51.9 Å². The second-order valence-corrected chi connectivity index (χ2v) is 10.1. The number of nitrogens with zero attached hydrogens (tertiary/aromatic N) is 5. The van der Waals surface area contributed by atoms with E-state index in [9.17, 15) is 4.79 Å². The second kappa shape index (κ2) is 10.1. The average molecular weight is 544 g/mol. The molecule has 0 aliphatic carbocycles. The van der Waals surface area contributed by atoms with Crippen molar-refractivity contribution in [3.63, 3.8) is 0 Å². The topological polar surface area (TPSA) is 73.1 Å². The van der Waals surface area contributed by atoms with E-state index in [1.54, 1.807) is 6.07 Å². The highest BCUT2D eigenvalue weighted by molar-refractivity contribution is 6.36. The molecule has 0 unspecified atom stereocenters. The third-order valence-corrected chi connectivity index (χ3v) is 7.24. The first kappa shape index (κ1) is 24.4. The minimum absolute atomic E-state index is 0.206. The highest BCUT2D eigenvalue weighted by Gasteiger charge is 2.20. The summed E-state index contributed by atoms with van der Waals surface area (Å²) in [5, 5.41) is 10.2. The van der Waals surface area contributed by atoms with Gasteiger partial charge in [0.2, 0.25) is 0 Å². The molecule has 0 saturated heterocycles. The van der Waals surface area contributed by atoms with Crippen LogP contribution in [0.5, 0.6) is 0 Å². The van der Waals surface area contributed by atoms with Gasteiger partial charge >= 0.3 is 5.97 Å². The van der Waals surface area contributed by atoms with Gasteiger partial charge in [0.25, 0.3) is 0 Å². The van der Waals surface area contributed by atoms with Crippen molar-refractivity contribution in [3.8, 4) is 11.1 Å². The van der Waals surface area contributed by atoms with E-state index < -0.39 is 0 Å². The molecule has 38 heavy (non-hydrogen) atoms. The molecular weight excluding hydrogens is 521 g/mol. The van der Waals surface area contributed by atoms with Gasteiger partial charge in [0.15, 0.2) is 0 Å². The maximum Gasteiger partial charge on any atom is 0.339 e. The Bertz CT molecular complexity index is 1730. The number of fused-ring (bicyclic) bond motifs is 2. The molecule has 0 radical (unpaired) electrons. The molecule has 6 rings (SSSR count). The first-order valence-electron chi connectivity index (χ1n) is 12.3. The molecule has 0 saturated carbocycles. The third-order valence-electron chi connectivity index (χ3n) is 6.69. The van der Waals surface area contributed by atoms with Crippen LogP contribution in [0.4, 0.5) is 5.69 Å². The predicted octanol–water partition coefficient (Wildman–Crippen LogP) is 6.44. The Balaban J connectivity index is 1.23. The summed E-state index contributed by atoms with van der Waals surface area (Å²) in [6, 6.07) is 21.1. The van der Waals surface area contributed by atoms with Crippen LogP contribution in [0.25, 0.3) is 33.1 Å². The molecule has 3 heterocycles. The number of para-hydroxylation sites is 2. The van der Waals surface area contributed by atoms with Crippen molar-refractivity contribution in [2.75, 3.05) is 18.0 Å². The number of aryl methyl sites for hydroxylation is 1. The number of hydrogen-bond acceptors (Lipinski definition) is 6. The van der Waals surface area contributed by atoms with Crippen LogP contribution < -0.4 is 9.74 Å². The van der Waals surface area contributed by atoms with E-state index in [-0.39, 0.29) is 12.4 Å². The van der Waals surface area contributed by atoms with Gasteiger partial charge in [-0.05, 0) is 48.9 Å². The van der Waals surface area contributed by atoms with Crippen LogP contribution >= 0.6 is 23.2 Å². The number of carbonyl (C=O) groups is 1. The molecule has 1 aliphatic heterocycles. The van der Waals surface area contributed by atoms with E-state index in [1.807, 2.05) is 55.5 Å². The Hall–Kier alpha value is -3.94. The van der Waals surface area contributed by atoms with Crippen LogP contribution in [0.15, 0.2) is 78.4 Å². The molecule has 3 aromatic carbocycles. The van der Waals surface area contributed by atoms with Crippen LogP contribution in [0.2, 0.25) is 10.0 Å². The minimum atomic E-state index is -0.366. The van der Waals surface area contributed by atoms with Gasteiger partial charge in [-0.15, -0.1) is 5.10 Å². The highest BCUT2D eigenvalue weighted by Crippen LogP contribution is 2.38. The van der Waals surface area contributed by atoms with E-state index in [0.29, 0.717) is 27.6 Å². The first-order valence-corrected chi connectivity index (χ1v) is 13.0. The summed E-state index contributed by atoms with van der Waals surface area (Å²) in [6.07, 6.45) is 3.06. The van der Waals surface area contributed by atoms with Crippen molar-refractivity contribution in [3.05, 3.63) is 94.1 Å². The Morgan fingerprint density at radius 1 is 1.03 bits per heavy atom. The lowest BCUT2D eigenvalue weighted by Crippen LogP contribution is -2.30. The molecule has 9 heteroatoms. The van der Waals surface area contributed by atoms with Gasteiger partial charge < -0.3 is 9.74 Å². The van der Waals surface area contributed by atoms with Crippen LogP contribution in [-0.2, 0) is 4.79 Å². The van der Waals surface area contributed by atoms with Crippen LogP contribution in [-0.4, -0.2) is 39.2 Å². The number of anilines is 1. The molecule has 190 valence electrons. The molecule has 0 atom stereocenters. The van der Waals surface area contributed by atoms with E-state index in [4.69, 9.17) is 33.0 Å². The van der Waals surface area contributed by atoms with Crippen LogP contribution in [0.3, 0.4) is 0 Å². The molecule has 5 aromatic rings. The van der Waals surface area contributed by atoms with Crippen molar-refractivity contribution >= 4 is 56.8 Å². The van der Waals surface area contributed by atoms with Gasteiger partial charge in [-0.1, -0.05) is 76.1 Å². The maximum absolute atomic E-state index is 12.6. The number of carbonyl (C=O) groups excluding carboxylic acids is 1. The maximum atomic E-state index is 12.6. The largest absolute Gasteiger partial charge is 0.367 e. The molecule has 2 aromatic heterocycles. The Morgan fingerprint density at radius 3 is 2.71 bits per heavy atom. The zero-order valence-electron chi connectivity index (χ0n) is 20.6. The minimum Gasteiger partial charge on any atom is -0.367 e. The van der Waals surface area contributed by atoms with Gasteiger partial charge in [-0.25, -0.2) is 4.79 Å². The van der Waals surface area contributed by atoms with Crippen molar-refractivity contribution in [1.29, 1.82) is 0 Å². The predicted molar refractivity (Wildman–Crippen MR) is 151 cm³/mol. The molecule has 1 aliphatic rings. The molecule has 0 N–H and O–H groups in total. The fourth-order valence-electron chi connectivity index (χ4n) is 4.86. The summed E-state index contributed by atoms with van der Waals surface area (Å²) in [5.74, 6) is -0.366. The lowest BCUT2D eigenvalue weighted by molar-refractivity contribution is -0.144. The number of pyridine rings is 1. The fraction of sp³-hybridized carbons (Fsp3) is 0.172. The van der Waals surface area contributed by atoms with Gasteiger partial charge in [0.05, 0.1) is 11.9 Å². The molecular formula is C29H23Cl2N5O2. The summed E-state index contributed by atoms with van der Waals surface area (Å²) in [5.41, 5.74) is 7.15. The monoisotopic (exact) mass is 543 g/mol. The second-order valence-electron chi connectivity index (χ2n) is 9.26. The molecule has 7 nitrogen and oxygen atoms in total. The number of hydrogen-bond donors (Lipinski definition) is 0. The number of halogens is 2.